The van der Waals surface area contributed by atoms with Crippen molar-refractivity contribution in [3.05, 3.63) is 95.3 Å². The first-order valence-electron chi connectivity index (χ1n) is 11.2. The van der Waals surface area contributed by atoms with Crippen molar-refractivity contribution in [2.24, 2.45) is 0 Å². The van der Waals surface area contributed by atoms with Gasteiger partial charge in [-0.3, -0.25) is 0 Å². The summed E-state index contributed by atoms with van der Waals surface area (Å²) in [6, 6.07) is 15.2. The predicted molar refractivity (Wildman–Crippen MR) is 124 cm³/mol. The van der Waals surface area contributed by atoms with Crippen molar-refractivity contribution >= 4 is 0 Å². The third-order valence-corrected chi connectivity index (χ3v) is 5.93. The summed E-state index contributed by atoms with van der Waals surface area (Å²) in [6.07, 6.45) is 4.59. The van der Waals surface area contributed by atoms with Gasteiger partial charge in [-0.1, -0.05) is 68.0 Å². The lowest BCUT2D eigenvalue weighted by atomic mass is 9.95. The molecule has 33 heavy (non-hydrogen) atoms. The van der Waals surface area contributed by atoms with Crippen molar-refractivity contribution in [3.63, 3.8) is 0 Å². The van der Waals surface area contributed by atoms with Gasteiger partial charge in [0.15, 0.2) is 17.9 Å². The maximum absolute atomic E-state index is 14.9. The molecule has 3 aromatic carbocycles. The molecule has 1 aliphatic heterocycles. The SMILES string of the molecule is CC=CC1OCC(c2ccc(-c3ccc(-c4ccc(CCC)c(F)c4F)cc3)c(F)c2)CO1. The van der Waals surface area contributed by atoms with E-state index < -0.39 is 11.6 Å². The van der Waals surface area contributed by atoms with E-state index in [1.165, 1.54) is 6.07 Å². The van der Waals surface area contributed by atoms with Gasteiger partial charge in [-0.05, 0) is 47.7 Å². The molecule has 0 saturated carbocycles. The molecule has 5 heteroatoms. The molecule has 4 rings (SSSR count). The van der Waals surface area contributed by atoms with E-state index in [1.54, 1.807) is 42.5 Å². The molecule has 0 radical (unpaired) electrons. The van der Waals surface area contributed by atoms with Gasteiger partial charge < -0.3 is 9.47 Å². The lowest BCUT2D eigenvalue weighted by molar-refractivity contribution is -0.159. The first-order chi connectivity index (χ1) is 16.0. The highest BCUT2D eigenvalue weighted by molar-refractivity contribution is 5.71. The summed E-state index contributed by atoms with van der Waals surface area (Å²) in [7, 11) is 0. The van der Waals surface area contributed by atoms with Crippen LogP contribution in [-0.4, -0.2) is 19.5 Å². The minimum absolute atomic E-state index is 0.0361. The molecule has 0 unspecified atom stereocenters. The van der Waals surface area contributed by atoms with Crippen LogP contribution in [0.25, 0.3) is 22.3 Å². The Bertz CT molecular complexity index is 1130. The second-order valence-electron chi connectivity index (χ2n) is 8.22. The molecule has 0 aromatic heterocycles. The average Bonchev–Trinajstić information content (AvgIpc) is 2.83. The van der Waals surface area contributed by atoms with Gasteiger partial charge in [0.2, 0.25) is 0 Å². The van der Waals surface area contributed by atoms with Crippen LogP contribution in [0.2, 0.25) is 0 Å². The lowest BCUT2D eigenvalue weighted by Gasteiger charge is -2.28. The zero-order valence-corrected chi connectivity index (χ0v) is 18.8. The number of rotatable bonds is 6. The maximum atomic E-state index is 14.9. The smallest absolute Gasteiger partial charge is 0.176 e. The minimum Gasteiger partial charge on any atom is -0.348 e. The van der Waals surface area contributed by atoms with Crippen LogP contribution in [0.1, 0.15) is 37.3 Å². The topological polar surface area (TPSA) is 18.5 Å². The van der Waals surface area contributed by atoms with E-state index in [0.29, 0.717) is 41.9 Å². The van der Waals surface area contributed by atoms with Crippen molar-refractivity contribution in [3.8, 4) is 22.3 Å². The number of allylic oxidation sites excluding steroid dienone is 1. The van der Waals surface area contributed by atoms with Gasteiger partial charge in [-0.15, -0.1) is 0 Å². The van der Waals surface area contributed by atoms with Gasteiger partial charge in [-0.2, -0.15) is 0 Å². The highest BCUT2D eigenvalue weighted by Gasteiger charge is 2.23. The molecule has 1 heterocycles. The van der Waals surface area contributed by atoms with Crippen molar-refractivity contribution in [2.45, 2.75) is 38.9 Å². The number of aryl methyl sites for hydroxylation is 1. The Labute approximate surface area is 192 Å². The van der Waals surface area contributed by atoms with Gasteiger partial charge in [0.05, 0.1) is 13.2 Å². The fourth-order valence-electron chi connectivity index (χ4n) is 4.10. The molecule has 172 valence electrons. The minimum atomic E-state index is -0.849. The summed E-state index contributed by atoms with van der Waals surface area (Å²) in [4.78, 5) is 0. The molecule has 0 spiro atoms. The first kappa shape index (κ1) is 23.3. The van der Waals surface area contributed by atoms with Crippen molar-refractivity contribution in [1.82, 2.24) is 0 Å². The molecule has 3 aromatic rings. The van der Waals surface area contributed by atoms with Gasteiger partial charge in [0.1, 0.15) is 5.82 Å². The number of halogens is 3. The highest BCUT2D eigenvalue weighted by atomic mass is 19.2. The van der Waals surface area contributed by atoms with Crippen LogP contribution in [0, 0.1) is 17.5 Å². The Morgan fingerprint density at radius 1 is 0.848 bits per heavy atom. The highest BCUT2D eigenvalue weighted by Crippen LogP contribution is 2.32. The number of benzene rings is 3. The fraction of sp³-hybridized carbons (Fsp3) is 0.286. The Kier molecular flexibility index (Phi) is 7.31. The molecule has 1 saturated heterocycles. The molecule has 2 nitrogen and oxygen atoms in total. The maximum Gasteiger partial charge on any atom is 0.176 e. The van der Waals surface area contributed by atoms with Crippen LogP contribution in [0.4, 0.5) is 13.2 Å². The third kappa shape index (κ3) is 5.05. The van der Waals surface area contributed by atoms with Crippen LogP contribution in [0.3, 0.4) is 0 Å². The van der Waals surface area contributed by atoms with E-state index in [2.05, 4.69) is 0 Å². The second-order valence-corrected chi connectivity index (χ2v) is 8.22. The van der Waals surface area contributed by atoms with Crippen LogP contribution in [-0.2, 0) is 15.9 Å². The zero-order valence-electron chi connectivity index (χ0n) is 18.8. The van der Waals surface area contributed by atoms with Crippen LogP contribution >= 0.6 is 0 Å². The van der Waals surface area contributed by atoms with Gasteiger partial charge in [-0.25, -0.2) is 13.2 Å². The molecule has 1 fully saturated rings. The quantitative estimate of drug-likeness (QED) is 0.362. The average molecular weight is 453 g/mol. The van der Waals surface area contributed by atoms with Crippen molar-refractivity contribution in [1.29, 1.82) is 0 Å². The van der Waals surface area contributed by atoms with Crippen LogP contribution in [0.5, 0.6) is 0 Å². The van der Waals surface area contributed by atoms with E-state index in [9.17, 15) is 13.2 Å². The molecule has 0 amide bonds. The summed E-state index contributed by atoms with van der Waals surface area (Å²) >= 11 is 0. The van der Waals surface area contributed by atoms with Gasteiger partial charge >= 0.3 is 0 Å². The summed E-state index contributed by atoms with van der Waals surface area (Å²) in [6.45, 7) is 4.74. The molecular formula is C28H27F3O2. The standard InChI is InChI=1S/C28H27F3O2/c1-3-5-20-11-14-24(28(31)27(20)30)19-9-7-18(8-10-19)23-13-12-21(15-25(23)29)22-16-32-26(6-4-2)33-17-22/h4,6-15,22,26H,3,5,16-17H2,1-2H3. The summed E-state index contributed by atoms with van der Waals surface area (Å²) < 4.78 is 55.2. The number of hydrogen-bond donors (Lipinski definition) is 0. The normalized spacial score (nSPS) is 18.7. The second kappa shape index (κ2) is 10.4. The van der Waals surface area contributed by atoms with E-state index >= 15 is 0 Å². The van der Waals surface area contributed by atoms with Gasteiger partial charge in [0, 0.05) is 17.0 Å². The summed E-state index contributed by atoms with van der Waals surface area (Å²) in [5.41, 5.74) is 3.04. The molecule has 0 aliphatic carbocycles. The largest absolute Gasteiger partial charge is 0.348 e. The molecule has 0 atom stereocenters. The third-order valence-electron chi connectivity index (χ3n) is 5.93. The molecular weight excluding hydrogens is 425 g/mol. The van der Waals surface area contributed by atoms with Crippen LogP contribution < -0.4 is 0 Å². The molecule has 1 aliphatic rings. The number of hydrogen-bond acceptors (Lipinski definition) is 2. The van der Waals surface area contributed by atoms with Crippen molar-refractivity contribution < 1.29 is 22.6 Å². The Balaban J connectivity index is 1.52. The Morgan fingerprint density at radius 3 is 2.09 bits per heavy atom. The predicted octanol–water partition coefficient (Wildman–Crippen LogP) is 7.42. The van der Waals surface area contributed by atoms with E-state index in [1.807, 2.05) is 32.1 Å². The summed E-state index contributed by atoms with van der Waals surface area (Å²) in [5.74, 6) is -2.03. The molecule has 0 N–H and O–H groups in total. The zero-order chi connectivity index (χ0) is 23.4. The Hall–Kier alpha value is -2.89. The Morgan fingerprint density at radius 2 is 1.48 bits per heavy atom. The van der Waals surface area contributed by atoms with Crippen LogP contribution in [0.15, 0.2) is 66.7 Å². The molecule has 0 bridgehead atoms. The van der Waals surface area contributed by atoms with E-state index in [4.69, 9.17) is 9.47 Å². The fourth-order valence-corrected chi connectivity index (χ4v) is 4.10. The number of ether oxygens (including phenoxy) is 2. The van der Waals surface area contributed by atoms with E-state index in [-0.39, 0.29) is 23.6 Å². The lowest BCUT2D eigenvalue weighted by Crippen LogP contribution is -2.29. The van der Waals surface area contributed by atoms with Crippen molar-refractivity contribution in [2.75, 3.05) is 13.2 Å². The summed E-state index contributed by atoms with van der Waals surface area (Å²) in [5, 5.41) is 0. The monoisotopic (exact) mass is 452 g/mol. The first-order valence-corrected chi connectivity index (χ1v) is 11.2. The van der Waals surface area contributed by atoms with Gasteiger partial charge in [0.25, 0.3) is 0 Å². The van der Waals surface area contributed by atoms with E-state index in [0.717, 1.165) is 12.0 Å².